The Bertz CT molecular complexity index is 4890. The molecule has 26 heteroatoms. The highest BCUT2D eigenvalue weighted by atomic mass is 16.5. The van der Waals surface area contributed by atoms with E-state index in [1.165, 1.54) is 33.4 Å². The first kappa shape index (κ1) is 72.6. The van der Waals surface area contributed by atoms with Crippen LogP contribution in [0.2, 0.25) is 0 Å². The topological polar surface area (TPSA) is 266 Å². The second-order valence-corrected chi connectivity index (χ2v) is 26.3. The molecule has 0 amide bonds. The van der Waals surface area contributed by atoms with E-state index in [2.05, 4.69) is 262 Å². The normalized spacial score (nSPS) is 11.0. The molecule has 0 aliphatic carbocycles. The number of hydrogen-bond acceptors (Lipinski definition) is 22. The van der Waals surface area contributed by atoms with Crippen LogP contribution in [-0.2, 0) is 0 Å². The van der Waals surface area contributed by atoms with Gasteiger partial charge in [-0.2, -0.15) is 5.10 Å². The van der Waals surface area contributed by atoms with Crippen molar-refractivity contribution in [2.24, 2.45) is 0 Å². The fourth-order valence-electron chi connectivity index (χ4n) is 13.2. The van der Waals surface area contributed by atoms with E-state index in [0.717, 1.165) is 159 Å². The van der Waals surface area contributed by atoms with E-state index in [1.54, 1.807) is 34.5 Å². The molecule has 0 saturated carbocycles. The molecular weight excluding hydrogens is 1360 g/mol. The number of benzene rings is 8. The minimum absolute atomic E-state index is 0.804. The summed E-state index contributed by atoms with van der Waals surface area (Å²) in [5.74, 6) is 3.33. The van der Waals surface area contributed by atoms with Gasteiger partial charge < -0.3 is 37.7 Å². The van der Waals surface area contributed by atoms with Crippen molar-refractivity contribution < 1.29 is 18.1 Å². The number of hydrogen-bond donors (Lipinski definition) is 0. The molecule has 16 rings (SSSR count). The van der Waals surface area contributed by atoms with Gasteiger partial charge in [0.25, 0.3) is 0 Å². The summed E-state index contributed by atoms with van der Waals surface area (Å²) in [6.07, 6.45) is 10.1. The van der Waals surface area contributed by atoms with Gasteiger partial charge in [-0.3, -0.25) is 4.57 Å². The molecule has 26 nitrogen and oxygen atoms in total. The second-order valence-electron chi connectivity index (χ2n) is 26.3. The van der Waals surface area contributed by atoms with E-state index in [0.29, 0.717) is 0 Å². The van der Waals surface area contributed by atoms with E-state index < -0.39 is 0 Å². The monoisotopic (exact) mass is 1440 g/mol. The maximum atomic E-state index is 5.34. The lowest BCUT2D eigenvalue weighted by Gasteiger charge is -2.23. The number of aryl methyl sites for hydroxylation is 12. The first-order valence-electron chi connectivity index (χ1n) is 34.9. The summed E-state index contributed by atoms with van der Waals surface area (Å²) in [5.41, 5.74) is 29.7. The molecule has 0 radical (unpaired) electrons. The van der Waals surface area contributed by atoms with Gasteiger partial charge in [0.15, 0.2) is 0 Å². The van der Waals surface area contributed by atoms with Crippen molar-refractivity contribution in [1.82, 2.24) is 90.8 Å². The highest BCUT2D eigenvalue weighted by molar-refractivity contribution is 5.81. The van der Waals surface area contributed by atoms with Gasteiger partial charge in [0.05, 0.1) is 52.2 Å². The second kappa shape index (κ2) is 31.7. The summed E-state index contributed by atoms with van der Waals surface area (Å²) in [7, 11) is 8.27. The Balaban J connectivity index is 0.000000127. The largest absolute Gasteiger partial charge is 0.361 e. The van der Waals surface area contributed by atoms with Crippen LogP contribution in [0.25, 0.3) is 67.3 Å². The fourth-order valence-corrected chi connectivity index (χ4v) is 13.2. The Morgan fingerprint density at radius 3 is 0.917 bits per heavy atom. The average molecular weight is 1440 g/mol. The summed E-state index contributed by atoms with van der Waals surface area (Å²) < 4.78 is 26.7. The molecule has 544 valence electrons. The highest BCUT2D eigenvalue weighted by Crippen LogP contribution is 2.40. The molecule has 8 heterocycles. The molecule has 8 aromatic carbocycles. The van der Waals surface area contributed by atoms with Gasteiger partial charge in [-0.05, 0) is 270 Å². The van der Waals surface area contributed by atoms with Crippen LogP contribution in [0.4, 0.5) is 45.5 Å². The van der Waals surface area contributed by atoms with Crippen LogP contribution in [0, 0.1) is 83.1 Å². The fraction of sp³-hybridized carbons (Fsp3) is 0.195. The van der Waals surface area contributed by atoms with Gasteiger partial charge in [-0.25, -0.2) is 14.3 Å². The van der Waals surface area contributed by atoms with Gasteiger partial charge in [-0.15, -0.1) is 20.1 Å². The molecule has 0 bridgehead atoms. The first-order valence-corrected chi connectivity index (χ1v) is 34.9. The lowest BCUT2D eigenvalue weighted by atomic mass is 10.0. The van der Waals surface area contributed by atoms with E-state index >= 15 is 0 Å². The zero-order chi connectivity index (χ0) is 75.9. The summed E-state index contributed by atoms with van der Waals surface area (Å²) in [5, 5.41) is 50.7. The van der Waals surface area contributed by atoms with Crippen LogP contribution >= 0.6 is 0 Å². The van der Waals surface area contributed by atoms with Crippen molar-refractivity contribution in [3.63, 3.8) is 0 Å². The summed E-state index contributed by atoms with van der Waals surface area (Å²) in [6, 6.07) is 58.4. The zero-order valence-electron chi connectivity index (χ0n) is 63.1. The van der Waals surface area contributed by atoms with Gasteiger partial charge in [-0.1, -0.05) is 74.4 Å². The number of aromatic nitrogens is 18. The molecule has 0 aliphatic rings. The number of rotatable bonds is 16. The molecular formula is C82H82N22O4. The smallest absolute Gasteiger partial charge is 0.141 e. The minimum Gasteiger partial charge on any atom is -0.361 e. The lowest BCUT2D eigenvalue weighted by molar-refractivity contribution is 0.393. The number of anilines is 8. The van der Waals surface area contributed by atoms with Gasteiger partial charge in [0.1, 0.15) is 48.4 Å². The Morgan fingerprint density at radius 2 is 0.630 bits per heavy atom. The van der Waals surface area contributed by atoms with Crippen molar-refractivity contribution >= 4 is 45.5 Å². The molecule has 0 saturated heterocycles. The van der Waals surface area contributed by atoms with Crippen molar-refractivity contribution in [2.45, 2.75) is 83.1 Å². The van der Waals surface area contributed by atoms with Crippen LogP contribution in [0.1, 0.15) is 68.1 Å². The Kier molecular flexibility index (Phi) is 21.3. The molecule has 8 aromatic heterocycles. The van der Waals surface area contributed by atoms with Crippen LogP contribution in [0.15, 0.2) is 226 Å². The summed E-state index contributed by atoms with van der Waals surface area (Å²) in [6.45, 7) is 24.1. The molecule has 108 heavy (non-hydrogen) atoms. The summed E-state index contributed by atoms with van der Waals surface area (Å²) in [4.78, 5) is 14.1. The van der Waals surface area contributed by atoms with Gasteiger partial charge >= 0.3 is 0 Å². The first-order chi connectivity index (χ1) is 52.2. The van der Waals surface area contributed by atoms with Gasteiger partial charge in [0.2, 0.25) is 0 Å². The highest BCUT2D eigenvalue weighted by Gasteiger charge is 2.21. The standard InChI is InChI=1S/3C21H21N5O.C19H19N7O/c1-14-5-6-17(21-15(2)24-27-16(21)3)11-20(14)25(4)18-7-9-19(10-8-18)26-12-22-23-13-26;1-14-5-6-17(21-15(2)24-27-16(21)3)11-20(14)25(4)18-7-9-19(10-8-18)26-13-22-12-23-26;1-14-5-6-17(21-15(2)23-27-16(21)3)13-20(14)25(4)18-7-9-19(10-8-18)26-12-11-22-24-26;1-12-5-6-15(19-13(2)20-27-14(19)3)11-18(12)25(4)16-7-9-17(10-8-16)26-23-21-22-24-26/h3*5-13H,1-4H3;5-11H,1-4H3. The van der Waals surface area contributed by atoms with Crippen molar-refractivity contribution in [3.8, 4) is 67.3 Å². The molecule has 0 aliphatic heterocycles. The molecule has 0 atom stereocenters. The van der Waals surface area contributed by atoms with Crippen molar-refractivity contribution in [1.29, 1.82) is 0 Å². The predicted molar refractivity (Wildman–Crippen MR) is 418 cm³/mol. The van der Waals surface area contributed by atoms with Gasteiger partial charge in [0, 0.05) is 102 Å². The maximum absolute atomic E-state index is 5.34. The molecule has 0 fully saturated rings. The minimum atomic E-state index is 0.804. The molecule has 0 spiro atoms. The average Bonchev–Trinajstić information content (AvgIpc) is 1.49. The summed E-state index contributed by atoms with van der Waals surface area (Å²) >= 11 is 0. The SMILES string of the molecule is Cc1ccc(-c2c(C)noc2C)cc1N(C)c1ccc(-n2ccnn2)cc1.Cc1ccc(-c2c(C)noc2C)cc1N(C)c1ccc(-n2cncn2)cc1.Cc1ccc(-c2c(C)noc2C)cc1N(C)c1ccc(-n2cnnc2)cc1.Cc1ccc(-c2c(C)noc2C)cc1N(C)c1ccc(-n2nnnn2)cc1. The maximum Gasteiger partial charge on any atom is 0.141 e. The van der Waals surface area contributed by atoms with Crippen LogP contribution in [0.3, 0.4) is 0 Å². The van der Waals surface area contributed by atoms with Crippen LogP contribution in [-0.4, -0.2) is 119 Å². The van der Waals surface area contributed by atoms with E-state index in [1.807, 2.05) is 122 Å². The van der Waals surface area contributed by atoms with E-state index in [9.17, 15) is 0 Å². The predicted octanol–water partition coefficient (Wildman–Crippen LogP) is 17.3. The Labute approximate surface area is 625 Å². The molecule has 0 N–H and O–H groups in total. The lowest BCUT2D eigenvalue weighted by Crippen LogP contribution is -2.11. The van der Waals surface area contributed by atoms with Crippen LogP contribution in [0.5, 0.6) is 0 Å². The third-order valence-corrected chi connectivity index (χ3v) is 19.1. The number of nitrogens with zero attached hydrogens (tertiary/aromatic N) is 22. The van der Waals surface area contributed by atoms with E-state index in [4.69, 9.17) is 18.1 Å². The third kappa shape index (κ3) is 15.5. The Morgan fingerprint density at radius 1 is 0.315 bits per heavy atom. The third-order valence-electron chi connectivity index (χ3n) is 19.1. The van der Waals surface area contributed by atoms with Crippen LogP contribution < -0.4 is 19.6 Å². The van der Waals surface area contributed by atoms with Crippen molar-refractivity contribution in [3.05, 3.63) is 276 Å². The Hall–Kier alpha value is -13.8. The van der Waals surface area contributed by atoms with Crippen molar-refractivity contribution in [2.75, 3.05) is 47.8 Å². The van der Waals surface area contributed by atoms with E-state index in [-0.39, 0.29) is 0 Å². The quantitative estimate of drug-likeness (QED) is 0.0870. The molecule has 0 unspecified atom stereocenters. The zero-order valence-corrected chi connectivity index (χ0v) is 63.1. The molecule has 16 aromatic rings.